The zero-order valence-electron chi connectivity index (χ0n) is 18.0. The van der Waals surface area contributed by atoms with Crippen molar-refractivity contribution in [2.24, 2.45) is 0 Å². The first-order valence-electron chi connectivity index (χ1n) is 10.5. The molecule has 1 N–H and O–H groups in total. The van der Waals surface area contributed by atoms with E-state index in [-0.39, 0.29) is 24.0 Å². The van der Waals surface area contributed by atoms with E-state index >= 15 is 0 Å². The van der Waals surface area contributed by atoms with E-state index in [2.05, 4.69) is 16.5 Å². The summed E-state index contributed by atoms with van der Waals surface area (Å²) in [5.41, 5.74) is 2.40. The topological polar surface area (TPSA) is 55.2 Å². The lowest BCUT2D eigenvalue weighted by molar-refractivity contribution is 0.182. The number of halogens is 2. The lowest BCUT2D eigenvalue weighted by Gasteiger charge is -2.10. The number of aromatic nitrogens is 2. The number of benzene rings is 2. The van der Waals surface area contributed by atoms with Crippen LogP contribution in [0.15, 0.2) is 67.5 Å². The summed E-state index contributed by atoms with van der Waals surface area (Å²) in [6.07, 6.45) is 11.0. The summed E-state index contributed by atoms with van der Waals surface area (Å²) in [6.45, 7) is 5.38. The minimum Gasteiger partial charge on any atom is -0.486 e. The monoisotopic (exact) mass is 436 g/mol. The molecule has 0 radical (unpaired) electrons. The van der Waals surface area contributed by atoms with E-state index in [9.17, 15) is 13.9 Å². The van der Waals surface area contributed by atoms with E-state index in [0.29, 0.717) is 11.4 Å². The maximum atomic E-state index is 14.5. The molecular weight excluding hydrogens is 410 g/mol. The van der Waals surface area contributed by atoms with Gasteiger partial charge in [-0.2, -0.15) is 4.39 Å². The second-order valence-corrected chi connectivity index (χ2v) is 7.43. The standard InChI is InChI=1S/C26H26F2N2O2/c1-3-15-32-23-14-13-22(25(27)26(23)28)20-11-9-19(10-12-20)21-16-29-24(30-17-21)8-6-4-5-7-18(2)31/h3,6,8-14,16-18,31H,1,4-5,7,15H2,2H3/b8-6+. The second kappa shape index (κ2) is 11.3. The zero-order valence-corrected chi connectivity index (χ0v) is 18.0. The highest BCUT2D eigenvalue weighted by Crippen LogP contribution is 2.31. The van der Waals surface area contributed by atoms with Gasteiger partial charge in [0.1, 0.15) is 6.61 Å². The Labute approximate surface area is 186 Å². The Hall–Kier alpha value is -3.38. The Morgan fingerprint density at radius 3 is 2.34 bits per heavy atom. The van der Waals surface area contributed by atoms with Crippen molar-refractivity contribution < 1.29 is 18.6 Å². The van der Waals surface area contributed by atoms with Gasteiger partial charge in [0.2, 0.25) is 5.82 Å². The van der Waals surface area contributed by atoms with Crippen LogP contribution in [0.3, 0.4) is 0 Å². The summed E-state index contributed by atoms with van der Waals surface area (Å²) >= 11 is 0. The first kappa shape index (κ1) is 23.3. The fraction of sp³-hybridized carbons (Fsp3) is 0.231. The molecule has 0 saturated heterocycles. The molecule has 1 unspecified atom stereocenters. The molecule has 1 heterocycles. The van der Waals surface area contributed by atoms with Gasteiger partial charge in [-0.3, -0.25) is 0 Å². The lowest BCUT2D eigenvalue weighted by Crippen LogP contribution is -1.99. The summed E-state index contributed by atoms with van der Waals surface area (Å²) in [6, 6.07) is 10.0. The fourth-order valence-corrected chi connectivity index (χ4v) is 3.15. The van der Waals surface area contributed by atoms with E-state index < -0.39 is 11.6 Å². The van der Waals surface area contributed by atoms with Crippen molar-refractivity contribution >= 4 is 6.08 Å². The molecule has 0 saturated carbocycles. The molecule has 3 rings (SSSR count). The average Bonchev–Trinajstić information content (AvgIpc) is 2.80. The first-order chi connectivity index (χ1) is 15.5. The minimum absolute atomic E-state index is 0.101. The summed E-state index contributed by atoms with van der Waals surface area (Å²) in [5, 5.41) is 9.26. The van der Waals surface area contributed by atoms with Gasteiger partial charge in [-0.15, -0.1) is 0 Å². The molecule has 0 aliphatic rings. The molecule has 4 nitrogen and oxygen atoms in total. The largest absolute Gasteiger partial charge is 0.486 e. The number of allylic oxidation sites excluding steroid dienone is 1. The van der Waals surface area contributed by atoms with E-state index in [1.54, 1.807) is 31.5 Å². The number of ether oxygens (including phenoxy) is 1. The Balaban J connectivity index is 1.69. The summed E-state index contributed by atoms with van der Waals surface area (Å²) in [5.74, 6) is -1.50. The van der Waals surface area contributed by atoms with E-state index in [1.165, 1.54) is 18.2 Å². The van der Waals surface area contributed by atoms with Crippen molar-refractivity contribution in [1.29, 1.82) is 0 Å². The third-order valence-corrected chi connectivity index (χ3v) is 4.86. The van der Waals surface area contributed by atoms with Crippen molar-refractivity contribution in [1.82, 2.24) is 9.97 Å². The van der Waals surface area contributed by atoms with Crippen LogP contribution < -0.4 is 4.74 Å². The van der Waals surface area contributed by atoms with Gasteiger partial charge in [0.15, 0.2) is 17.4 Å². The van der Waals surface area contributed by atoms with Gasteiger partial charge in [0.25, 0.3) is 0 Å². The minimum atomic E-state index is -1.02. The van der Waals surface area contributed by atoms with Gasteiger partial charge in [-0.25, -0.2) is 14.4 Å². The van der Waals surface area contributed by atoms with Crippen LogP contribution in [-0.4, -0.2) is 27.8 Å². The molecule has 1 atom stereocenters. The van der Waals surface area contributed by atoms with Gasteiger partial charge in [-0.1, -0.05) is 43.0 Å². The van der Waals surface area contributed by atoms with E-state index in [4.69, 9.17) is 4.74 Å². The molecule has 1 aromatic heterocycles. The fourth-order valence-electron chi connectivity index (χ4n) is 3.15. The van der Waals surface area contributed by atoms with Crippen molar-refractivity contribution in [3.63, 3.8) is 0 Å². The lowest BCUT2D eigenvalue weighted by atomic mass is 10.0. The molecular formula is C26H26F2N2O2. The van der Waals surface area contributed by atoms with E-state index in [1.807, 2.05) is 24.3 Å². The molecule has 3 aromatic rings. The molecule has 0 bridgehead atoms. The molecule has 0 amide bonds. The molecule has 6 heteroatoms. The highest BCUT2D eigenvalue weighted by Gasteiger charge is 2.15. The van der Waals surface area contributed by atoms with Crippen LogP contribution >= 0.6 is 0 Å². The molecule has 32 heavy (non-hydrogen) atoms. The maximum absolute atomic E-state index is 14.5. The van der Waals surface area contributed by atoms with Crippen molar-refractivity contribution in [3.8, 4) is 28.0 Å². The van der Waals surface area contributed by atoms with Gasteiger partial charge in [0, 0.05) is 23.5 Å². The highest BCUT2D eigenvalue weighted by molar-refractivity contribution is 5.70. The predicted octanol–water partition coefficient (Wildman–Crippen LogP) is 6.22. The van der Waals surface area contributed by atoms with Crippen LogP contribution in [0.5, 0.6) is 5.75 Å². The van der Waals surface area contributed by atoms with Crippen LogP contribution in [0.25, 0.3) is 28.3 Å². The zero-order chi connectivity index (χ0) is 22.9. The Kier molecular flexibility index (Phi) is 8.22. The second-order valence-electron chi connectivity index (χ2n) is 7.43. The first-order valence-corrected chi connectivity index (χ1v) is 10.5. The predicted molar refractivity (Wildman–Crippen MR) is 123 cm³/mol. The van der Waals surface area contributed by atoms with Crippen LogP contribution in [0.4, 0.5) is 8.78 Å². The molecule has 2 aromatic carbocycles. The van der Waals surface area contributed by atoms with Gasteiger partial charge in [-0.05, 0) is 55.5 Å². The summed E-state index contributed by atoms with van der Waals surface area (Å²) < 4.78 is 33.9. The molecule has 0 aliphatic carbocycles. The maximum Gasteiger partial charge on any atom is 0.201 e. The van der Waals surface area contributed by atoms with Crippen LogP contribution in [-0.2, 0) is 0 Å². The van der Waals surface area contributed by atoms with Crippen molar-refractivity contribution in [3.05, 3.63) is 85.0 Å². The third kappa shape index (κ3) is 6.08. The SMILES string of the molecule is C=CCOc1ccc(-c2ccc(-c3cnc(/C=C/CCCC(C)O)nc3)cc2)c(F)c1F. The highest BCUT2D eigenvalue weighted by atomic mass is 19.2. The Bertz CT molecular complexity index is 1060. The number of hydrogen-bond donors (Lipinski definition) is 1. The summed E-state index contributed by atoms with van der Waals surface area (Å²) in [4.78, 5) is 8.70. The van der Waals surface area contributed by atoms with Gasteiger partial charge < -0.3 is 9.84 Å². The van der Waals surface area contributed by atoms with Crippen LogP contribution in [0.1, 0.15) is 32.0 Å². The summed E-state index contributed by atoms with van der Waals surface area (Å²) in [7, 11) is 0. The number of rotatable bonds is 10. The van der Waals surface area contributed by atoms with Gasteiger partial charge in [0.05, 0.1) is 6.10 Å². The smallest absolute Gasteiger partial charge is 0.201 e. The number of aliphatic hydroxyl groups excluding tert-OH is 1. The number of aliphatic hydroxyl groups is 1. The number of hydrogen-bond acceptors (Lipinski definition) is 4. The van der Waals surface area contributed by atoms with E-state index in [0.717, 1.165) is 30.4 Å². The third-order valence-electron chi connectivity index (χ3n) is 4.86. The van der Waals surface area contributed by atoms with Gasteiger partial charge >= 0.3 is 0 Å². The quantitative estimate of drug-likeness (QED) is 0.303. The Morgan fingerprint density at radius 1 is 1.00 bits per heavy atom. The molecule has 0 aliphatic heterocycles. The van der Waals surface area contributed by atoms with Crippen LogP contribution in [0, 0.1) is 11.6 Å². The average molecular weight is 437 g/mol. The number of unbranched alkanes of at least 4 members (excludes halogenated alkanes) is 1. The molecule has 0 spiro atoms. The normalized spacial score (nSPS) is 12.1. The molecule has 166 valence electrons. The Morgan fingerprint density at radius 2 is 1.69 bits per heavy atom. The van der Waals surface area contributed by atoms with Crippen LogP contribution in [0.2, 0.25) is 0 Å². The van der Waals surface area contributed by atoms with Crippen molar-refractivity contribution in [2.45, 2.75) is 32.3 Å². The van der Waals surface area contributed by atoms with Crippen molar-refractivity contribution in [2.75, 3.05) is 6.61 Å². The molecule has 0 fully saturated rings. The number of nitrogens with zero attached hydrogens (tertiary/aromatic N) is 2.